The third-order valence-electron chi connectivity index (χ3n) is 5.38. The van der Waals surface area contributed by atoms with Crippen molar-refractivity contribution in [1.82, 2.24) is 10.6 Å². The quantitative estimate of drug-likeness (QED) is 0.676. The molecule has 1 heterocycles. The average Bonchev–Trinajstić information content (AvgIpc) is 2.80. The molecule has 1 aliphatic rings. The highest BCUT2D eigenvalue weighted by Crippen LogP contribution is 2.36. The molecule has 1 atom stereocenters. The third kappa shape index (κ3) is 6.97. The molecule has 1 fully saturated rings. The fourth-order valence-corrected chi connectivity index (χ4v) is 3.07. The Morgan fingerprint density at radius 3 is 1.97 bits per heavy atom. The fourth-order valence-electron chi connectivity index (χ4n) is 3.07. The van der Waals surface area contributed by atoms with Crippen LogP contribution in [0.2, 0.25) is 0 Å². The van der Waals surface area contributed by atoms with Gasteiger partial charge in [0.15, 0.2) is 0 Å². The number of benzene rings is 1. The van der Waals surface area contributed by atoms with Crippen LogP contribution in [0, 0.1) is 0 Å². The normalized spacial score (nSPS) is 18.6. The van der Waals surface area contributed by atoms with Gasteiger partial charge in [-0.25, -0.2) is 4.79 Å². The Morgan fingerprint density at radius 2 is 1.52 bits per heavy atom. The molecule has 2 rings (SSSR count). The van der Waals surface area contributed by atoms with Gasteiger partial charge in [0.05, 0.1) is 11.2 Å². The molecule has 0 bridgehead atoms. The highest BCUT2D eigenvalue weighted by atomic mass is 16.7. The van der Waals surface area contributed by atoms with Gasteiger partial charge in [-0.05, 0) is 73.3 Å². The van der Waals surface area contributed by atoms with E-state index < -0.39 is 36.1 Å². The molecule has 7 nitrogen and oxygen atoms in total. The summed E-state index contributed by atoms with van der Waals surface area (Å²) < 4.78 is 17.5. The molecule has 1 aromatic carbocycles. The smallest absolute Gasteiger partial charge is 0.444 e. The predicted octanol–water partition coefficient (Wildman–Crippen LogP) is 2.95. The molecule has 0 unspecified atom stereocenters. The Labute approximate surface area is 186 Å². The largest absolute Gasteiger partial charge is 0.494 e. The van der Waals surface area contributed by atoms with Gasteiger partial charge in [0.2, 0.25) is 5.91 Å². The van der Waals surface area contributed by atoms with Crippen molar-refractivity contribution in [2.24, 2.45) is 0 Å². The van der Waals surface area contributed by atoms with Crippen LogP contribution in [-0.4, -0.2) is 48.0 Å². The number of carbonyl (C=O) groups excluding carboxylic acids is 2. The maximum atomic E-state index is 12.7. The molecule has 2 amide bonds. The molecular formula is C23H37BN2O5. The molecule has 2 N–H and O–H groups in total. The van der Waals surface area contributed by atoms with Crippen molar-refractivity contribution in [3.05, 3.63) is 29.8 Å². The van der Waals surface area contributed by atoms with E-state index in [9.17, 15) is 9.59 Å². The summed E-state index contributed by atoms with van der Waals surface area (Å²) >= 11 is 0. The Hall–Kier alpha value is -2.06. The third-order valence-corrected chi connectivity index (χ3v) is 5.38. The number of hydrogen-bond acceptors (Lipinski definition) is 5. The first-order valence-electron chi connectivity index (χ1n) is 10.8. The van der Waals surface area contributed by atoms with Crippen molar-refractivity contribution in [2.75, 3.05) is 0 Å². The lowest BCUT2D eigenvalue weighted by atomic mass is 9.78. The Kier molecular flexibility index (Phi) is 7.49. The summed E-state index contributed by atoms with van der Waals surface area (Å²) in [5.74, 6) is -0.254. The van der Waals surface area contributed by atoms with Gasteiger partial charge >= 0.3 is 13.2 Å². The summed E-state index contributed by atoms with van der Waals surface area (Å²) in [6.45, 7) is 17.2. The second-order valence-corrected chi connectivity index (χ2v) is 10.4. The van der Waals surface area contributed by atoms with Gasteiger partial charge in [-0.15, -0.1) is 0 Å². The van der Waals surface area contributed by atoms with Gasteiger partial charge in [-0.2, -0.15) is 0 Å². The van der Waals surface area contributed by atoms with Crippen molar-refractivity contribution < 1.29 is 23.6 Å². The van der Waals surface area contributed by atoms with Crippen molar-refractivity contribution in [1.29, 1.82) is 0 Å². The first-order valence-corrected chi connectivity index (χ1v) is 10.8. The zero-order valence-electron chi connectivity index (χ0n) is 20.3. The Bertz CT molecular complexity index is 768. The molecule has 0 aromatic heterocycles. The fraction of sp³-hybridized carbons (Fsp3) is 0.652. The molecule has 31 heavy (non-hydrogen) atoms. The molecule has 0 spiro atoms. The van der Waals surface area contributed by atoms with E-state index in [-0.39, 0.29) is 11.9 Å². The van der Waals surface area contributed by atoms with Crippen LogP contribution in [0.5, 0.6) is 0 Å². The minimum atomic E-state index is -0.750. The van der Waals surface area contributed by atoms with E-state index >= 15 is 0 Å². The van der Waals surface area contributed by atoms with Gasteiger partial charge in [-0.3, -0.25) is 4.79 Å². The summed E-state index contributed by atoms with van der Waals surface area (Å²) in [5.41, 5.74) is 0.348. The van der Waals surface area contributed by atoms with Crippen LogP contribution in [-0.2, 0) is 25.3 Å². The standard InChI is InChI=1S/C23H37BN2O5/c1-15(2)25-19(27)18(26-20(28)29-21(3,4)5)14-16-10-12-17(13-11-16)24-30-22(6,7)23(8,9)31-24/h10-13,15,18H,14H2,1-9H3,(H,25,27)(H,26,28)/t18-/m0/s1. The van der Waals surface area contributed by atoms with Crippen molar-refractivity contribution >= 4 is 24.6 Å². The monoisotopic (exact) mass is 432 g/mol. The summed E-state index contributed by atoms with van der Waals surface area (Å²) in [6, 6.07) is 6.92. The number of alkyl carbamates (subject to hydrolysis) is 1. The SMILES string of the molecule is CC(C)NC(=O)[C@H](Cc1ccc(B2OC(C)(C)C(C)(C)O2)cc1)NC(=O)OC(C)(C)C. The Morgan fingerprint density at radius 1 is 1.00 bits per heavy atom. The van der Waals surface area contributed by atoms with Gasteiger partial charge in [0, 0.05) is 12.5 Å². The number of rotatable bonds is 6. The van der Waals surface area contributed by atoms with Crippen molar-refractivity contribution in [3.63, 3.8) is 0 Å². The van der Waals surface area contributed by atoms with Crippen LogP contribution in [0.15, 0.2) is 24.3 Å². The number of ether oxygens (including phenoxy) is 1. The minimum absolute atomic E-state index is 0.0406. The lowest BCUT2D eigenvalue weighted by Gasteiger charge is -2.32. The van der Waals surface area contributed by atoms with E-state index in [2.05, 4.69) is 10.6 Å². The first kappa shape index (κ1) is 25.2. The topological polar surface area (TPSA) is 85.9 Å². The maximum absolute atomic E-state index is 12.7. The summed E-state index contributed by atoms with van der Waals surface area (Å²) in [7, 11) is -0.445. The number of amides is 2. The van der Waals surface area contributed by atoms with Crippen LogP contribution in [0.4, 0.5) is 4.79 Å². The van der Waals surface area contributed by atoms with E-state index in [1.54, 1.807) is 20.8 Å². The van der Waals surface area contributed by atoms with Crippen LogP contribution < -0.4 is 16.1 Å². The number of carbonyl (C=O) groups is 2. The second kappa shape index (κ2) is 9.21. The van der Waals surface area contributed by atoms with Crippen LogP contribution in [0.25, 0.3) is 0 Å². The maximum Gasteiger partial charge on any atom is 0.494 e. The van der Waals surface area contributed by atoms with Crippen molar-refractivity contribution in [2.45, 2.75) is 97.6 Å². The summed E-state index contributed by atoms with van der Waals surface area (Å²) in [6.07, 6.45) is -0.285. The van der Waals surface area contributed by atoms with E-state index in [0.717, 1.165) is 11.0 Å². The van der Waals surface area contributed by atoms with E-state index in [0.29, 0.717) is 6.42 Å². The zero-order chi connectivity index (χ0) is 23.6. The van der Waals surface area contributed by atoms with Gasteiger partial charge in [-0.1, -0.05) is 24.3 Å². The van der Waals surface area contributed by atoms with Crippen molar-refractivity contribution in [3.8, 4) is 0 Å². The van der Waals surface area contributed by atoms with Crippen LogP contribution >= 0.6 is 0 Å². The van der Waals surface area contributed by atoms with E-state index in [1.807, 2.05) is 65.8 Å². The zero-order valence-corrected chi connectivity index (χ0v) is 20.3. The van der Waals surface area contributed by atoms with E-state index in [4.69, 9.17) is 14.0 Å². The number of nitrogens with one attached hydrogen (secondary N) is 2. The molecule has 0 radical (unpaired) electrons. The molecule has 0 aliphatic carbocycles. The molecule has 172 valence electrons. The summed E-state index contributed by atoms with van der Waals surface area (Å²) in [4.78, 5) is 24.9. The summed E-state index contributed by atoms with van der Waals surface area (Å²) in [5, 5.41) is 5.55. The van der Waals surface area contributed by atoms with Gasteiger partial charge < -0.3 is 24.7 Å². The molecule has 1 saturated heterocycles. The molecule has 1 aromatic rings. The molecule has 1 aliphatic heterocycles. The number of hydrogen-bond donors (Lipinski definition) is 2. The first-order chi connectivity index (χ1) is 14.1. The minimum Gasteiger partial charge on any atom is -0.444 e. The average molecular weight is 432 g/mol. The molecule has 0 saturated carbocycles. The van der Waals surface area contributed by atoms with Crippen LogP contribution in [0.1, 0.15) is 67.9 Å². The lowest BCUT2D eigenvalue weighted by molar-refractivity contribution is -0.123. The highest BCUT2D eigenvalue weighted by Gasteiger charge is 2.51. The molecular weight excluding hydrogens is 395 g/mol. The second-order valence-electron chi connectivity index (χ2n) is 10.4. The lowest BCUT2D eigenvalue weighted by Crippen LogP contribution is -2.50. The van der Waals surface area contributed by atoms with E-state index in [1.165, 1.54) is 0 Å². The van der Waals surface area contributed by atoms with Gasteiger partial charge in [0.25, 0.3) is 0 Å². The van der Waals surface area contributed by atoms with Crippen LogP contribution in [0.3, 0.4) is 0 Å². The molecule has 8 heteroatoms. The highest BCUT2D eigenvalue weighted by molar-refractivity contribution is 6.62. The predicted molar refractivity (Wildman–Crippen MR) is 122 cm³/mol. The van der Waals surface area contributed by atoms with Gasteiger partial charge in [0.1, 0.15) is 11.6 Å². The Balaban J connectivity index is 2.11.